The van der Waals surface area contributed by atoms with E-state index in [9.17, 15) is 5.11 Å². The summed E-state index contributed by atoms with van der Waals surface area (Å²) in [6.45, 7) is 2.19. The fourth-order valence-electron chi connectivity index (χ4n) is 3.63. The first-order valence-electron chi connectivity index (χ1n) is 10.0. The second-order valence-electron chi connectivity index (χ2n) is 7.29. The van der Waals surface area contributed by atoms with Gasteiger partial charge < -0.3 is 5.11 Å². The zero-order valence-corrected chi connectivity index (χ0v) is 15.8. The van der Waals surface area contributed by atoms with Gasteiger partial charge >= 0.3 is 0 Å². The maximum absolute atomic E-state index is 10.3. The third-order valence-corrected chi connectivity index (χ3v) is 5.17. The lowest BCUT2D eigenvalue weighted by Gasteiger charge is -2.16. The lowest BCUT2D eigenvalue weighted by atomic mass is 9.90. The van der Waals surface area contributed by atoms with Crippen molar-refractivity contribution >= 4 is 11.6 Å². The van der Waals surface area contributed by atoms with Gasteiger partial charge in [-0.15, -0.1) is 0 Å². The molecule has 0 aromatic heterocycles. The summed E-state index contributed by atoms with van der Waals surface area (Å²) in [7, 11) is 0. The number of aliphatic hydroxyl groups excluding tert-OH is 1. The monoisotopic (exact) mass is 346 g/mol. The smallest absolute Gasteiger partial charge is 0.0790 e. The van der Waals surface area contributed by atoms with E-state index in [1.54, 1.807) is 0 Å². The zero-order chi connectivity index (χ0) is 18.2. The minimum absolute atomic E-state index is 0.331. The number of hydrogen-bond donors (Lipinski definition) is 1. The average molecular weight is 347 g/mol. The molecule has 0 saturated heterocycles. The first-order chi connectivity index (χ1) is 12.8. The summed E-state index contributed by atoms with van der Waals surface area (Å²) in [6.07, 6.45) is 12.1. The Bertz CT molecular complexity index is 737. The number of hydrogen-bond acceptors (Lipinski definition) is 1. The van der Waals surface area contributed by atoms with Crippen LogP contribution < -0.4 is 0 Å². The van der Waals surface area contributed by atoms with Crippen molar-refractivity contribution in [3.05, 3.63) is 82.9 Å². The fourth-order valence-corrected chi connectivity index (χ4v) is 3.63. The molecule has 1 heteroatoms. The highest BCUT2D eigenvalue weighted by Crippen LogP contribution is 2.30. The molecule has 1 N–H and O–H groups in total. The summed E-state index contributed by atoms with van der Waals surface area (Å²) in [4.78, 5) is 0. The Morgan fingerprint density at radius 3 is 2.46 bits per heavy atom. The second-order valence-corrected chi connectivity index (χ2v) is 7.29. The van der Waals surface area contributed by atoms with E-state index in [4.69, 9.17) is 0 Å². The van der Waals surface area contributed by atoms with Gasteiger partial charge in [-0.2, -0.15) is 0 Å². The zero-order valence-electron chi connectivity index (χ0n) is 15.8. The van der Waals surface area contributed by atoms with Crippen LogP contribution in [-0.2, 0) is 0 Å². The number of rotatable bonds is 7. The predicted molar refractivity (Wildman–Crippen MR) is 112 cm³/mol. The van der Waals surface area contributed by atoms with Crippen LogP contribution in [0.4, 0.5) is 0 Å². The summed E-state index contributed by atoms with van der Waals surface area (Å²) < 4.78 is 0. The highest BCUT2D eigenvalue weighted by molar-refractivity contribution is 5.72. The normalized spacial score (nSPS) is 17.2. The number of allylic oxidation sites excluding steroid dienone is 3. The van der Waals surface area contributed by atoms with Gasteiger partial charge in [-0.3, -0.25) is 0 Å². The molecular formula is C25H30O. The topological polar surface area (TPSA) is 20.2 Å². The van der Waals surface area contributed by atoms with Crippen LogP contribution in [0.3, 0.4) is 0 Å². The Balaban J connectivity index is 1.69. The first-order valence-corrected chi connectivity index (χ1v) is 10.0. The molecule has 1 unspecified atom stereocenters. The molecule has 0 aliphatic heterocycles. The van der Waals surface area contributed by atoms with Gasteiger partial charge in [0.15, 0.2) is 0 Å². The van der Waals surface area contributed by atoms with Crippen molar-refractivity contribution in [1.82, 2.24) is 0 Å². The molecule has 2 aromatic carbocycles. The molecule has 0 spiro atoms. The molecule has 26 heavy (non-hydrogen) atoms. The average Bonchev–Trinajstić information content (AvgIpc) is 2.69. The highest BCUT2D eigenvalue weighted by atomic mass is 16.3. The Hall–Kier alpha value is -2.12. The number of benzene rings is 2. The Labute approximate surface area is 158 Å². The van der Waals surface area contributed by atoms with E-state index in [0.29, 0.717) is 0 Å². The third kappa shape index (κ3) is 5.19. The van der Waals surface area contributed by atoms with Gasteiger partial charge in [0.2, 0.25) is 0 Å². The van der Waals surface area contributed by atoms with Gasteiger partial charge in [0.05, 0.1) is 6.10 Å². The summed E-state index contributed by atoms with van der Waals surface area (Å²) in [5.74, 6) is 0. The van der Waals surface area contributed by atoms with Gasteiger partial charge in [0.1, 0.15) is 0 Å². The fraction of sp³-hybridized carbons (Fsp3) is 0.360. The van der Waals surface area contributed by atoms with Crippen molar-refractivity contribution in [2.75, 3.05) is 0 Å². The molecule has 2 aromatic rings. The van der Waals surface area contributed by atoms with Crippen LogP contribution >= 0.6 is 0 Å². The van der Waals surface area contributed by atoms with Crippen LogP contribution in [0.2, 0.25) is 0 Å². The van der Waals surface area contributed by atoms with E-state index in [0.717, 1.165) is 31.2 Å². The van der Waals surface area contributed by atoms with E-state index >= 15 is 0 Å². The minimum atomic E-state index is -0.331. The Morgan fingerprint density at radius 1 is 0.962 bits per heavy atom. The lowest BCUT2D eigenvalue weighted by Crippen LogP contribution is -1.97. The van der Waals surface area contributed by atoms with Crippen LogP contribution in [-0.4, -0.2) is 5.11 Å². The molecule has 3 rings (SSSR count). The lowest BCUT2D eigenvalue weighted by molar-refractivity contribution is 0.163. The molecule has 0 saturated carbocycles. The van der Waals surface area contributed by atoms with Gasteiger partial charge in [0, 0.05) is 0 Å². The molecule has 1 aliphatic carbocycles. The van der Waals surface area contributed by atoms with E-state index in [-0.39, 0.29) is 6.10 Å². The van der Waals surface area contributed by atoms with Crippen molar-refractivity contribution in [3.8, 4) is 0 Å². The standard InChI is InChI=1S/C25H30O/c1-2-3-5-13-25(26)23-16-14-20(15-17-23)18-21-9-8-12-24(19-21)22-10-6-4-7-11-22/h4,6-7,10-11,14-19,25-26H,2-3,5,8-9,12-13H2,1H3/b21-18+. The molecular weight excluding hydrogens is 316 g/mol. The maximum Gasteiger partial charge on any atom is 0.0790 e. The molecule has 1 aliphatic rings. The van der Waals surface area contributed by atoms with E-state index in [1.165, 1.54) is 41.5 Å². The summed E-state index contributed by atoms with van der Waals surface area (Å²) in [6, 6.07) is 19.1. The minimum Gasteiger partial charge on any atom is -0.388 e. The van der Waals surface area contributed by atoms with E-state index in [1.807, 2.05) is 0 Å². The SMILES string of the molecule is CCCCCC(O)c1ccc(/C=C2/C=C(c3ccccc3)CCC2)cc1. The molecule has 0 heterocycles. The van der Waals surface area contributed by atoms with E-state index in [2.05, 4.69) is 73.7 Å². The van der Waals surface area contributed by atoms with Crippen molar-refractivity contribution in [2.24, 2.45) is 0 Å². The third-order valence-electron chi connectivity index (χ3n) is 5.17. The second kappa shape index (κ2) is 9.54. The van der Waals surface area contributed by atoms with Crippen LogP contribution in [0.15, 0.2) is 66.2 Å². The molecule has 1 atom stereocenters. The summed E-state index contributed by atoms with van der Waals surface area (Å²) in [5, 5.41) is 10.3. The molecule has 0 radical (unpaired) electrons. The highest BCUT2D eigenvalue weighted by Gasteiger charge is 2.10. The molecule has 0 amide bonds. The predicted octanol–water partition coefficient (Wildman–Crippen LogP) is 6.95. The largest absolute Gasteiger partial charge is 0.388 e. The molecule has 1 nitrogen and oxygen atoms in total. The van der Waals surface area contributed by atoms with Crippen LogP contribution in [0.5, 0.6) is 0 Å². The molecule has 0 fully saturated rings. The number of aliphatic hydroxyl groups is 1. The summed E-state index contributed by atoms with van der Waals surface area (Å²) in [5.41, 5.74) is 6.42. The van der Waals surface area contributed by atoms with E-state index < -0.39 is 0 Å². The maximum atomic E-state index is 10.3. The van der Waals surface area contributed by atoms with Crippen LogP contribution in [0.25, 0.3) is 11.6 Å². The van der Waals surface area contributed by atoms with Crippen LogP contribution in [0.1, 0.15) is 74.7 Å². The molecule has 136 valence electrons. The van der Waals surface area contributed by atoms with Gasteiger partial charge in [-0.1, -0.05) is 92.9 Å². The quantitative estimate of drug-likeness (QED) is 0.538. The van der Waals surface area contributed by atoms with Crippen molar-refractivity contribution in [1.29, 1.82) is 0 Å². The Kier molecular flexibility index (Phi) is 6.85. The van der Waals surface area contributed by atoms with Crippen molar-refractivity contribution < 1.29 is 5.11 Å². The van der Waals surface area contributed by atoms with Gasteiger partial charge in [-0.25, -0.2) is 0 Å². The van der Waals surface area contributed by atoms with Crippen molar-refractivity contribution in [3.63, 3.8) is 0 Å². The van der Waals surface area contributed by atoms with Crippen LogP contribution in [0, 0.1) is 0 Å². The first kappa shape index (κ1) is 18.7. The Morgan fingerprint density at radius 2 is 1.73 bits per heavy atom. The van der Waals surface area contributed by atoms with Crippen molar-refractivity contribution in [2.45, 2.75) is 58.0 Å². The summed E-state index contributed by atoms with van der Waals surface area (Å²) >= 11 is 0. The van der Waals surface area contributed by atoms with Gasteiger partial charge in [-0.05, 0) is 53.5 Å². The van der Waals surface area contributed by atoms with Gasteiger partial charge in [0.25, 0.3) is 0 Å². The number of unbranched alkanes of at least 4 members (excludes halogenated alkanes) is 2. The molecule has 0 bridgehead atoms.